The van der Waals surface area contributed by atoms with E-state index in [1.165, 1.54) is 12.8 Å². The maximum Gasteiger partial charge on any atom is 0.176 e. The third kappa shape index (κ3) is 3.15. The lowest BCUT2D eigenvalue weighted by Gasteiger charge is -2.47. The van der Waals surface area contributed by atoms with E-state index in [-0.39, 0.29) is 5.54 Å². The van der Waals surface area contributed by atoms with Crippen LogP contribution < -0.4 is 0 Å². The van der Waals surface area contributed by atoms with Crippen molar-refractivity contribution in [3.8, 4) is 5.69 Å². The number of halogens is 1. The van der Waals surface area contributed by atoms with E-state index in [0.29, 0.717) is 0 Å². The lowest BCUT2D eigenvalue weighted by molar-refractivity contribution is -0.0499. The number of rotatable bonds is 3. The number of benzene rings is 1. The molecule has 1 aliphatic carbocycles. The molecule has 26 heavy (non-hydrogen) atoms. The summed E-state index contributed by atoms with van der Waals surface area (Å²) in [5.41, 5.74) is 1.85. The van der Waals surface area contributed by atoms with Gasteiger partial charge in [0, 0.05) is 18.1 Å². The lowest BCUT2D eigenvalue weighted by atomic mass is 9.75. The Labute approximate surface area is 159 Å². The molecule has 0 spiro atoms. The average Bonchev–Trinajstić information content (AvgIpc) is 3.16. The Morgan fingerprint density at radius 3 is 2.62 bits per heavy atom. The Morgan fingerprint density at radius 2 is 1.92 bits per heavy atom. The summed E-state index contributed by atoms with van der Waals surface area (Å²) in [7, 11) is 0. The van der Waals surface area contributed by atoms with Crippen molar-refractivity contribution in [1.29, 1.82) is 0 Å². The maximum atomic E-state index is 6.36. The van der Waals surface area contributed by atoms with E-state index in [1.54, 1.807) is 0 Å². The van der Waals surface area contributed by atoms with Gasteiger partial charge in [0.25, 0.3) is 0 Å². The van der Waals surface area contributed by atoms with E-state index >= 15 is 0 Å². The molecule has 0 N–H and O–H groups in total. The van der Waals surface area contributed by atoms with Gasteiger partial charge in [-0.2, -0.15) is 4.68 Å². The molecule has 2 aliphatic rings. The van der Waals surface area contributed by atoms with Gasteiger partial charge in [-0.3, -0.25) is 4.90 Å². The fraction of sp³-hybridized carbons (Fsp3) is 0.632. The van der Waals surface area contributed by atoms with Gasteiger partial charge in [0.2, 0.25) is 0 Å². The second-order valence-electron chi connectivity index (χ2n) is 7.66. The SMILES string of the molecule is Cc1ccc(-n2nnnc2C2(N3CCOCC3)CCC(C)CC2)cc1Cl. The summed E-state index contributed by atoms with van der Waals surface area (Å²) < 4.78 is 7.49. The fourth-order valence-corrected chi connectivity index (χ4v) is 4.45. The number of aryl methyl sites for hydroxylation is 1. The van der Waals surface area contributed by atoms with Crippen LogP contribution in [0.3, 0.4) is 0 Å². The molecule has 2 aromatic rings. The van der Waals surface area contributed by atoms with E-state index in [4.69, 9.17) is 16.3 Å². The van der Waals surface area contributed by atoms with Crippen molar-refractivity contribution in [3.05, 3.63) is 34.6 Å². The van der Waals surface area contributed by atoms with Gasteiger partial charge in [0.1, 0.15) is 0 Å². The van der Waals surface area contributed by atoms with Gasteiger partial charge in [0.15, 0.2) is 5.82 Å². The fourth-order valence-electron chi connectivity index (χ4n) is 4.28. The summed E-state index contributed by atoms with van der Waals surface area (Å²) in [5.74, 6) is 1.69. The second-order valence-corrected chi connectivity index (χ2v) is 8.07. The van der Waals surface area contributed by atoms with Gasteiger partial charge < -0.3 is 4.74 Å². The lowest BCUT2D eigenvalue weighted by Crippen LogP contribution is -2.54. The average molecular weight is 376 g/mol. The van der Waals surface area contributed by atoms with Gasteiger partial charge in [-0.15, -0.1) is 5.10 Å². The van der Waals surface area contributed by atoms with Crippen molar-refractivity contribution in [2.45, 2.75) is 45.1 Å². The Balaban J connectivity index is 1.77. The van der Waals surface area contributed by atoms with Crippen LogP contribution in [0.15, 0.2) is 18.2 Å². The van der Waals surface area contributed by atoms with E-state index in [2.05, 4.69) is 27.3 Å². The van der Waals surface area contributed by atoms with Crippen molar-refractivity contribution in [2.75, 3.05) is 26.3 Å². The molecule has 6 nitrogen and oxygen atoms in total. The Bertz CT molecular complexity index is 763. The zero-order valence-corrected chi connectivity index (χ0v) is 16.2. The highest BCUT2D eigenvalue weighted by Crippen LogP contribution is 2.44. The molecule has 0 atom stereocenters. The minimum absolute atomic E-state index is 0.128. The van der Waals surface area contributed by atoms with Crippen molar-refractivity contribution >= 4 is 11.6 Å². The first-order chi connectivity index (χ1) is 12.6. The van der Waals surface area contributed by atoms with Crippen molar-refractivity contribution in [2.24, 2.45) is 5.92 Å². The van der Waals surface area contributed by atoms with E-state index < -0.39 is 0 Å². The number of nitrogens with zero attached hydrogens (tertiary/aromatic N) is 5. The quantitative estimate of drug-likeness (QED) is 0.823. The largest absolute Gasteiger partial charge is 0.379 e. The minimum Gasteiger partial charge on any atom is -0.379 e. The molecule has 2 fully saturated rings. The standard InChI is InChI=1S/C19H26ClN5O/c1-14-5-7-19(8-6-14,24-9-11-26-12-10-24)18-21-22-23-25(18)16-4-3-15(2)17(20)13-16/h3-4,13-14H,5-12H2,1-2H3. The number of morpholine rings is 1. The summed E-state index contributed by atoms with van der Waals surface area (Å²) in [6.45, 7) is 7.74. The van der Waals surface area contributed by atoms with Crippen LogP contribution in [0.5, 0.6) is 0 Å². The first-order valence-corrected chi connectivity index (χ1v) is 9.86. The Kier molecular flexibility index (Phi) is 4.99. The molecule has 4 rings (SSSR count). The molecule has 1 saturated heterocycles. The summed E-state index contributed by atoms with van der Waals surface area (Å²) >= 11 is 6.36. The molecule has 1 saturated carbocycles. The first-order valence-electron chi connectivity index (χ1n) is 9.48. The highest BCUT2D eigenvalue weighted by Gasteiger charge is 2.45. The maximum absolute atomic E-state index is 6.36. The predicted octanol–water partition coefficient (Wildman–Crippen LogP) is 3.36. The molecular formula is C19H26ClN5O. The zero-order valence-electron chi connectivity index (χ0n) is 15.5. The van der Waals surface area contributed by atoms with Crippen molar-refractivity contribution in [3.63, 3.8) is 0 Å². The van der Waals surface area contributed by atoms with Gasteiger partial charge in [-0.05, 0) is 66.6 Å². The van der Waals surface area contributed by atoms with E-state index in [9.17, 15) is 0 Å². The van der Waals surface area contributed by atoms with Crippen LogP contribution >= 0.6 is 11.6 Å². The highest BCUT2D eigenvalue weighted by atomic mass is 35.5. The molecular weight excluding hydrogens is 350 g/mol. The van der Waals surface area contributed by atoms with Crippen LogP contribution in [0.4, 0.5) is 0 Å². The molecule has 140 valence electrons. The highest BCUT2D eigenvalue weighted by molar-refractivity contribution is 6.31. The molecule has 0 amide bonds. The summed E-state index contributed by atoms with van der Waals surface area (Å²) in [6, 6.07) is 6.02. The van der Waals surface area contributed by atoms with Crippen LogP contribution in [0.1, 0.15) is 44.0 Å². The van der Waals surface area contributed by atoms with Crippen molar-refractivity contribution < 1.29 is 4.74 Å². The third-order valence-corrected chi connectivity index (χ3v) is 6.41. The van der Waals surface area contributed by atoms with E-state index in [0.717, 1.165) is 67.2 Å². The smallest absolute Gasteiger partial charge is 0.176 e. The molecule has 7 heteroatoms. The molecule has 0 bridgehead atoms. The topological polar surface area (TPSA) is 56.1 Å². The summed E-state index contributed by atoms with van der Waals surface area (Å²) in [6.07, 6.45) is 4.54. The van der Waals surface area contributed by atoms with Crippen LogP contribution in [0.2, 0.25) is 5.02 Å². The van der Waals surface area contributed by atoms with Gasteiger partial charge in [-0.25, -0.2) is 0 Å². The third-order valence-electron chi connectivity index (χ3n) is 6.00. The Hall–Kier alpha value is -1.50. The number of hydrogen-bond donors (Lipinski definition) is 0. The molecule has 1 aliphatic heterocycles. The van der Waals surface area contributed by atoms with Gasteiger partial charge in [-0.1, -0.05) is 24.6 Å². The first kappa shape index (κ1) is 17.9. The summed E-state index contributed by atoms with van der Waals surface area (Å²) in [4.78, 5) is 2.54. The predicted molar refractivity (Wildman–Crippen MR) is 101 cm³/mol. The molecule has 0 radical (unpaired) electrons. The van der Waals surface area contributed by atoms with Crippen LogP contribution in [0, 0.1) is 12.8 Å². The number of ether oxygens (including phenoxy) is 1. The number of tetrazole rings is 1. The van der Waals surface area contributed by atoms with Crippen molar-refractivity contribution in [1.82, 2.24) is 25.1 Å². The molecule has 0 unspecified atom stereocenters. The van der Waals surface area contributed by atoms with Crippen LogP contribution in [0.25, 0.3) is 5.69 Å². The minimum atomic E-state index is -0.128. The summed E-state index contributed by atoms with van der Waals surface area (Å²) in [5, 5.41) is 13.6. The normalized spacial score (nSPS) is 27.6. The molecule has 2 heterocycles. The van der Waals surface area contributed by atoms with Gasteiger partial charge in [0.05, 0.1) is 24.4 Å². The molecule has 1 aromatic heterocycles. The number of hydrogen-bond acceptors (Lipinski definition) is 5. The van der Waals surface area contributed by atoms with Crippen LogP contribution in [-0.2, 0) is 10.3 Å². The zero-order chi connectivity index (χ0) is 18.1. The monoisotopic (exact) mass is 375 g/mol. The van der Waals surface area contributed by atoms with Crippen LogP contribution in [-0.4, -0.2) is 51.4 Å². The Morgan fingerprint density at radius 1 is 1.19 bits per heavy atom. The number of aromatic nitrogens is 4. The van der Waals surface area contributed by atoms with Gasteiger partial charge >= 0.3 is 0 Å². The second kappa shape index (κ2) is 7.25. The van der Waals surface area contributed by atoms with E-state index in [1.807, 2.05) is 29.8 Å². The molecule has 1 aromatic carbocycles.